The molecule has 1 heteroatoms. The normalized spacial score (nSPS) is 21.5. The first-order chi connectivity index (χ1) is 4.79. The molecule has 52 valence electrons. The van der Waals surface area contributed by atoms with Gasteiger partial charge in [0.1, 0.15) is 5.75 Å². The van der Waals surface area contributed by atoms with E-state index in [9.17, 15) is 5.11 Å². The Morgan fingerprint density at radius 3 is 2.80 bits per heavy atom. The minimum absolute atomic E-state index is 0.469. The molecule has 1 atom stereocenters. The van der Waals surface area contributed by atoms with E-state index in [1.807, 2.05) is 6.07 Å². The van der Waals surface area contributed by atoms with Gasteiger partial charge in [-0.25, -0.2) is 0 Å². The minimum Gasteiger partial charge on any atom is -0.508 e. The number of aromatic hydroxyl groups is 1. The zero-order valence-corrected chi connectivity index (χ0v) is 5.96. The molecule has 1 nitrogen and oxygen atoms in total. The highest BCUT2D eigenvalue weighted by atomic mass is 16.3. The van der Waals surface area contributed by atoms with Gasteiger partial charge in [0, 0.05) is 5.56 Å². The largest absolute Gasteiger partial charge is 0.508 e. The summed E-state index contributed by atoms with van der Waals surface area (Å²) in [7, 11) is 0. The van der Waals surface area contributed by atoms with Crippen molar-refractivity contribution in [3.8, 4) is 5.75 Å². The molecule has 1 aliphatic carbocycles. The van der Waals surface area contributed by atoms with Gasteiger partial charge in [-0.15, -0.1) is 0 Å². The van der Waals surface area contributed by atoms with Crippen LogP contribution in [0.5, 0.6) is 5.75 Å². The molecule has 0 spiro atoms. The molecule has 1 aromatic carbocycles. The van der Waals surface area contributed by atoms with Gasteiger partial charge in [-0.2, -0.15) is 0 Å². The lowest BCUT2D eigenvalue weighted by atomic mass is 9.78. The van der Waals surface area contributed by atoms with Crippen LogP contribution in [0, 0.1) is 0 Å². The monoisotopic (exact) mass is 134 g/mol. The highest BCUT2D eigenvalue weighted by Gasteiger charge is 2.24. The van der Waals surface area contributed by atoms with Gasteiger partial charge in [-0.3, -0.25) is 0 Å². The molecule has 0 amide bonds. The molecule has 0 bridgehead atoms. The van der Waals surface area contributed by atoms with E-state index in [1.54, 1.807) is 6.07 Å². The van der Waals surface area contributed by atoms with Crippen molar-refractivity contribution in [1.29, 1.82) is 0 Å². The molecule has 1 N–H and O–H groups in total. The highest BCUT2D eigenvalue weighted by molar-refractivity contribution is 5.48. The third kappa shape index (κ3) is 0.576. The van der Waals surface area contributed by atoms with Crippen molar-refractivity contribution < 1.29 is 5.11 Å². The summed E-state index contributed by atoms with van der Waals surface area (Å²) in [6, 6.07) is 5.74. The first kappa shape index (κ1) is 5.78. The van der Waals surface area contributed by atoms with Gasteiger partial charge in [0.2, 0.25) is 0 Å². The molecule has 1 aliphatic rings. The van der Waals surface area contributed by atoms with Gasteiger partial charge in [-0.05, 0) is 24.0 Å². The zero-order chi connectivity index (χ0) is 7.14. The van der Waals surface area contributed by atoms with Crippen molar-refractivity contribution in [2.24, 2.45) is 0 Å². The van der Waals surface area contributed by atoms with Crippen LogP contribution in [0.4, 0.5) is 0 Å². The van der Waals surface area contributed by atoms with Crippen molar-refractivity contribution in [3.63, 3.8) is 0 Å². The molecule has 0 aliphatic heterocycles. The van der Waals surface area contributed by atoms with E-state index in [0.717, 1.165) is 12.0 Å². The van der Waals surface area contributed by atoms with Crippen LogP contribution in [0.15, 0.2) is 18.2 Å². The predicted molar refractivity (Wildman–Crippen MR) is 40.2 cm³/mol. The Morgan fingerprint density at radius 1 is 1.50 bits per heavy atom. The van der Waals surface area contributed by atoms with Crippen LogP contribution in [0.2, 0.25) is 0 Å². The van der Waals surface area contributed by atoms with Crippen molar-refractivity contribution in [2.45, 2.75) is 19.3 Å². The van der Waals surface area contributed by atoms with Crippen LogP contribution in [-0.4, -0.2) is 5.11 Å². The average molecular weight is 134 g/mol. The SMILES string of the molecule is CC1Cc2cccc(O)c21. The van der Waals surface area contributed by atoms with Gasteiger partial charge in [-0.1, -0.05) is 19.1 Å². The molecule has 0 fully saturated rings. The summed E-state index contributed by atoms with van der Waals surface area (Å²) >= 11 is 0. The summed E-state index contributed by atoms with van der Waals surface area (Å²) in [6.07, 6.45) is 1.13. The number of rotatable bonds is 0. The fraction of sp³-hybridized carbons (Fsp3) is 0.333. The zero-order valence-electron chi connectivity index (χ0n) is 5.96. The second-order valence-corrected chi connectivity index (χ2v) is 2.96. The fourth-order valence-electron chi connectivity index (χ4n) is 1.65. The number of benzene rings is 1. The smallest absolute Gasteiger partial charge is 0.119 e. The Hall–Kier alpha value is -0.980. The molecule has 0 heterocycles. The summed E-state index contributed by atoms with van der Waals surface area (Å²) in [5, 5.41) is 9.32. The third-order valence-corrected chi connectivity index (χ3v) is 2.19. The molecule has 0 saturated carbocycles. The van der Waals surface area contributed by atoms with Gasteiger partial charge < -0.3 is 5.11 Å². The third-order valence-electron chi connectivity index (χ3n) is 2.19. The molecule has 0 saturated heterocycles. The summed E-state index contributed by atoms with van der Waals surface area (Å²) in [5.74, 6) is 1.03. The summed E-state index contributed by atoms with van der Waals surface area (Å²) in [4.78, 5) is 0. The lowest BCUT2D eigenvalue weighted by Crippen LogP contribution is -2.13. The average Bonchev–Trinajstić information content (AvgIpc) is 1.85. The maximum absolute atomic E-state index is 9.32. The van der Waals surface area contributed by atoms with E-state index in [2.05, 4.69) is 13.0 Å². The van der Waals surface area contributed by atoms with Gasteiger partial charge in [0.05, 0.1) is 0 Å². The van der Waals surface area contributed by atoms with Gasteiger partial charge >= 0.3 is 0 Å². The molecular weight excluding hydrogens is 124 g/mol. The number of phenolic OH excluding ortho intramolecular Hbond substituents is 1. The Kier molecular flexibility index (Phi) is 1.01. The summed E-state index contributed by atoms with van der Waals surface area (Å²) in [6.45, 7) is 2.14. The summed E-state index contributed by atoms with van der Waals surface area (Å²) < 4.78 is 0. The van der Waals surface area contributed by atoms with E-state index < -0.39 is 0 Å². The van der Waals surface area contributed by atoms with Crippen molar-refractivity contribution in [2.75, 3.05) is 0 Å². The molecular formula is C9H10O. The standard InChI is InChI=1S/C9H10O/c1-6-5-7-3-2-4-8(10)9(6)7/h2-4,6,10H,5H2,1H3. The van der Waals surface area contributed by atoms with Crippen LogP contribution in [0.3, 0.4) is 0 Å². The minimum atomic E-state index is 0.469. The van der Waals surface area contributed by atoms with Crippen LogP contribution in [0.1, 0.15) is 24.0 Å². The van der Waals surface area contributed by atoms with Gasteiger partial charge in [0.15, 0.2) is 0 Å². The van der Waals surface area contributed by atoms with Crippen molar-refractivity contribution >= 4 is 0 Å². The lowest BCUT2D eigenvalue weighted by Gasteiger charge is -2.27. The number of hydrogen-bond donors (Lipinski definition) is 1. The number of hydrogen-bond acceptors (Lipinski definition) is 1. The van der Waals surface area contributed by atoms with E-state index >= 15 is 0 Å². The maximum Gasteiger partial charge on any atom is 0.119 e. The van der Waals surface area contributed by atoms with Crippen LogP contribution >= 0.6 is 0 Å². The van der Waals surface area contributed by atoms with E-state index in [4.69, 9.17) is 0 Å². The van der Waals surface area contributed by atoms with E-state index in [-0.39, 0.29) is 0 Å². The van der Waals surface area contributed by atoms with Crippen LogP contribution < -0.4 is 0 Å². The second kappa shape index (κ2) is 1.75. The molecule has 1 unspecified atom stereocenters. The molecule has 10 heavy (non-hydrogen) atoms. The van der Waals surface area contributed by atoms with Crippen molar-refractivity contribution in [3.05, 3.63) is 29.3 Å². The molecule has 0 radical (unpaired) electrons. The Bertz CT molecular complexity index is 251. The van der Waals surface area contributed by atoms with E-state index in [1.165, 1.54) is 5.56 Å². The number of fused-ring (bicyclic) bond motifs is 1. The first-order valence-corrected chi connectivity index (χ1v) is 3.60. The quantitative estimate of drug-likeness (QED) is 0.575. The second-order valence-electron chi connectivity index (χ2n) is 2.96. The maximum atomic E-state index is 9.32. The molecule has 1 aromatic rings. The van der Waals surface area contributed by atoms with Crippen molar-refractivity contribution in [1.82, 2.24) is 0 Å². The predicted octanol–water partition coefficient (Wildman–Crippen LogP) is 2.05. The number of phenols is 1. The lowest BCUT2D eigenvalue weighted by molar-refractivity contribution is 0.451. The Morgan fingerprint density at radius 2 is 2.30 bits per heavy atom. The fourth-order valence-corrected chi connectivity index (χ4v) is 1.65. The van der Waals surface area contributed by atoms with Gasteiger partial charge in [0.25, 0.3) is 0 Å². The van der Waals surface area contributed by atoms with Crippen LogP contribution in [-0.2, 0) is 6.42 Å². The van der Waals surface area contributed by atoms with Crippen LogP contribution in [0.25, 0.3) is 0 Å². The van der Waals surface area contributed by atoms with E-state index in [0.29, 0.717) is 11.7 Å². The Labute approximate surface area is 60.3 Å². The molecule has 0 aromatic heterocycles. The summed E-state index contributed by atoms with van der Waals surface area (Å²) in [5.41, 5.74) is 2.47. The molecule has 2 rings (SSSR count). The first-order valence-electron chi connectivity index (χ1n) is 3.60. The Balaban J connectivity index is 2.58. The highest BCUT2D eigenvalue weighted by Crippen LogP contribution is 2.40. The topological polar surface area (TPSA) is 20.2 Å².